The van der Waals surface area contributed by atoms with E-state index in [2.05, 4.69) is 19.8 Å². The quantitative estimate of drug-likeness (QED) is 0.657. The Bertz CT molecular complexity index is 746. The second-order valence-corrected chi connectivity index (χ2v) is 6.14. The lowest BCUT2D eigenvalue weighted by Crippen LogP contribution is -1.87. The lowest BCUT2D eigenvalue weighted by atomic mass is 10.2. The maximum atomic E-state index is 5.94. The molecule has 0 amide bonds. The first-order valence-corrected chi connectivity index (χ1v) is 7.98. The van der Waals surface area contributed by atoms with Crippen molar-refractivity contribution in [2.24, 2.45) is 0 Å². The Morgan fingerprint density at radius 3 is 2.90 bits per heavy atom. The van der Waals surface area contributed by atoms with Crippen LogP contribution in [0.2, 0.25) is 4.34 Å². The summed E-state index contributed by atoms with van der Waals surface area (Å²) in [6.45, 7) is 0. The van der Waals surface area contributed by atoms with Gasteiger partial charge in [-0.2, -0.15) is 0 Å². The Hall–Kier alpha value is -1.64. The third-order valence-corrected chi connectivity index (χ3v) is 4.40. The number of methoxy groups -OCH3 is 1. The molecular formula is C12H9ClN4O2S2. The molecule has 0 radical (unpaired) electrons. The van der Waals surface area contributed by atoms with Crippen LogP contribution in [0.5, 0.6) is 5.75 Å². The molecule has 108 valence electrons. The molecule has 0 unspecified atom stereocenters. The number of benzene rings is 1. The third-order valence-electron chi connectivity index (χ3n) is 2.59. The molecule has 6 nitrogen and oxygen atoms in total. The maximum Gasteiger partial charge on any atom is 0.277 e. The van der Waals surface area contributed by atoms with Crippen molar-refractivity contribution in [1.29, 1.82) is 0 Å². The van der Waals surface area contributed by atoms with Crippen LogP contribution in [0.1, 0.15) is 5.69 Å². The van der Waals surface area contributed by atoms with E-state index in [0.29, 0.717) is 32.6 Å². The van der Waals surface area contributed by atoms with Crippen LogP contribution in [0.15, 0.2) is 33.9 Å². The predicted octanol–water partition coefficient (Wildman–Crippen LogP) is 3.54. The summed E-state index contributed by atoms with van der Waals surface area (Å²) in [6, 6.07) is 7.47. The fourth-order valence-corrected chi connectivity index (χ4v) is 3.11. The van der Waals surface area contributed by atoms with Crippen LogP contribution in [0, 0.1) is 0 Å². The monoisotopic (exact) mass is 340 g/mol. The summed E-state index contributed by atoms with van der Waals surface area (Å²) in [5.74, 6) is 1.63. The van der Waals surface area contributed by atoms with Crippen molar-refractivity contribution < 1.29 is 9.15 Å². The maximum absolute atomic E-state index is 5.94. The van der Waals surface area contributed by atoms with Gasteiger partial charge < -0.3 is 9.15 Å². The molecule has 0 fully saturated rings. The second-order valence-electron chi connectivity index (χ2n) is 3.86. The normalized spacial score (nSPS) is 10.8. The summed E-state index contributed by atoms with van der Waals surface area (Å²) >= 11 is 8.46. The van der Waals surface area contributed by atoms with Gasteiger partial charge in [-0.1, -0.05) is 40.0 Å². The summed E-state index contributed by atoms with van der Waals surface area (Å²) in [5.41, 5.74) is 1.47. The molecule has 3 aromatic rings. The Morgan fingerprint density at radius 2 is 2.14 bits per heavy atom. The molecule has 0 aliphatic carbocycles. The molecule has 0 saturated carbocycles. The Balaban J connectivity index is 1.76. The average molecular weight is 341 g/mol. The summed E-state index contributed by atoms with van der Waals surface area (Å²) in [7, 11) is 1.60. The smallest absolute Gasteiger partial charge is 0.277 e. The Kier molecular flexibility index (Phi) is 4.37. The highest BCUT2D eigenvalue weighted by Crippen LogP contribution is 2.32. The Labute approximate surface area is 133 Å². The van der Waals surface area contributed by atoms with Crippen molar-refractivity contribution in [3.63, 3.8) is 0 Å². The Morgan fingerprint density at radius 1 is 1.29 bits per heavy atom. The van der Waals surface area contributed by atoms with Crippen LogP contribution in [-0.2, 0) is 5.75 Å². The lowest BCUT2D eigenvalue weighted by molar-refractivity contribution is 0.411. The van der Waals surface area contributed by atoms with Gasteiger partial charge in [-0.3, -0.25) is 0 Å². The first kappa shape index (κ1) is 14.3. The van der Waals surface area contributed by atoms with E-state index in [9.17, 15) is 0 Å². The number of thioether (sulfide) groups is 1. The number of halogens is 1. The standard InChI is InChI=1S/C12H9ClN4O2S2/c1-18-9-5-3-2-4-7(9)11-15-16-12(19-11)20-6-8-10(13)21-17-14-8/h2-5H,6H2,1H3. The van der Waals surface area contributed by atoms with Crippen molar-refractivity contribution in [3.05, 3.63) is 34.3 Å². The molecule has 21 heavy (non-hydrogen) atoms. The van der Waals surface area contributed by atoms with Gasteiger partial charge in [0.15, 0.2) is 0 Å². The summed E-state index contributed by atoms with van der Waals surface area (Å²) in [5, 5.41) is 12.4. The molecule has 0 bridgehead atoms. The predicted molar refractivity (Wildman–Crippen MR) is 80.8 cm³/mol. The molecule has 2 heterocycles. The van der Waals surface area contributed by atoms with Crippen molar-refractivity contribution in [2.45, 2.75) is 11.0 Å². The molecule has 0 aliphatic heterocycles. The van der Waals surface area contributed by atoms with Crippen LogP contribution in [-0.4, -0.2) is 26.9 Å². The van der Waals surface area contributed by atoms with Gasteiger partial charge in [-0.05, 0) is 12.1 Å². The fourth-order valence-electron chi connectivity index (χ4n) is 1.61. The fraction of sp³-hybridized carbons (Fsp3) is 0.167. The molecule has 9 heteroatoms. The third kappa shape index (κ3) is 3.17. The zero-order valence-corrected chi connectivity index (χ0v) is 13.2. The number of hydrogen-bond acceptors (Lipinski definition) is 8. The van der Waals surface area contributed by atoms with Crippen molar-refractivity contribution in [3.8, 4) is 17.2 Å². The number of aromatic nitrogens is 4. The number of nitrogens with zero attached hydrogens (tertiary/aromatic N) is 4. The number of para-hydroxylation sites is 1. The minimum atomic E-state index is 0.414. The van der Waals surface area contributed by atoms with Gasteiger partial charge in [0, 0.05) is 17.3 Å². The summed E-state index contributed by atoms with van der Waals surface area (Å²) in [6.07, 6.45) is 0. The van der Waals surface area contributed by atoms with E-state index in [0.717, 1.165) is 17.1 Å². The molecule has 0 N–H and O–H groups in total. The van der Waals surface area contributed by atoms with Crippen molar-refractivity contribution >= 4 is 34.9 Å². The van der Waals surface area contributed by atoms with E-state index in [-0.39, 0.29) is 0 Å². The van der Waals surface area contributed by atoms with Gasteiger partial charge in [0.05, 0.1) is 12.7 Å². The highest BCUT2D eigenvalue weighted by Gasteiger charge is 2.14. The highest BCUT2D eigenvalue weighted by molar-refractivity contribution is 7.98. The van der Waals surface area contributed by atoms with Gasteiger partial charge in [0.1, 0.15) is 15.8 Å². The first-order chi connectivity index (χ1) is 10.3. The van der Waals surface area contributed by atoms with E-state index >= 15 is 0 Å². The van der Waals surface area contributed by atoms with Gasteiger partial charge >= 0.3 is 0 Å². The highest BCUT2D eigenvalue weighted by atomic mass is 35.5. The molecule has 3 rings (SSSR count). The molecule has 0 aliphatic rings. The van der Waals surface area contributed by atoms with Crippen LogP contribution >= 0.6 is 34.9 Å². The zero-order chi connectivity index (χ0) is 14.7. The van der Waals surface area contributed by atoms with E-state index in [1.54, 1.807) is 7.11 Å². The van der Waals surface area contributed by atoms with E-state index in [1.165, 1.54) is 11.8 Å². The van der Waals surface area contributed by atoms with Gasteiger partial charge in [0.2, 0.25) is 0 Å². The lowest BCUT2D eigenvalue weighted by Gasteiger charge is -2.03. The zero-order valence-electron chi connectivity index (χ0n) is 10.8. The largest absolute Gasteiger partial charge is 0.496 e. The van der Waals surface area contributed by atoms with Crippen LogP contribution in [0.25, 0.3) is 11.5 Å². The van der Waals surface area contributed by atoms with Crippen molar-refractivity contribution in [1.82, 2.24) is 19.8 Å². The molecule has 0 saturated heterocycles. The van der Waals surface area contributed by atoms with Crippen LogP contribution in [0.3, 0.4) is 0 Å². The summed E-state index contributed by atoms with van der Waals surface area (Å²) in [4.78, 5) is 0. The second kappa shape index (κ2) is 6.42. The molecule has 0 spiro atoms. The summed E-state index contributed by atoms with van der Waals surface area (Å²) < 4.78 is 15.2. The average Bonchev–Trinajstić information content (AvgIpc) is 3.14. The number of ether oxygens (including phenoxy) is 1. The van der Waals surface area contributed by atoms with Gasteiger partial charge in [-0.15, -0.1) is 15.3 Å². The van der Waals surface area contributed by atoms with E-state index in [1.807, 2.05) is 24.3 Å². The van der Waals surface area contributed by atoms with Crippen molar-refractivity contribution in [2.75, 3.05) is 7.11 Å². The van der Waals surface area contributed by atoms with E-state index in [4.69, 9.17) is 20.8 Å². The first-order valence-electron chi connectivity index (χ1n) is 5.84. The molecule has 2 aromatic heterocycles. The minimum Gasteiger partial charge on any atom is -0.496 e. The molecule has 0 atom stereocenters. The van der Waals surface area contributed by atoms with Gasteiger partial charge in [-0.25, -0.2) is 0 Å². The molecular weight excluding hydrogens is 332 g/mol. The van der Waals surface area contributed by atoms with E-state index < -0.39 is 0 Å². The molecule has 1 aromatic carbocycles. The van der Waals surface area contributed by atoms with Crippen LogP contribution < -0.4 is 4.74 Å². The SMILES string of the molecule is COc1ccccc1-c1nnc(SCc2nnsc2Cl)o1. The number of hydrogen-bond donors (Lipinski definition) is 0. The van der Waals surface area contributed by atoms with Crippen LogP contribution in [0.4, 0.5) is 0 Å². The minimum absolute atomic E-state index is 0.414. The van der Waals surface area contributed by atoms with Gasteiger partial charge in [0.25, 0.3) is 11.1 Å². The topological polar surface area (TPSA) is 73.9 Å². The number of rotatable bonds is 5.